The van der Waals surface area contributed by atoms with Crippen molar-refractivity contribution < 1.29 is 48.2 Å². The monoisotopic (exact) mass is 746 g/mol. The predicted octanol–water partition coefficient (Wildman–Crippen LogP) is 4.44. The van der Waals surface area contributed by atoms with Crippen LogP contribution in [0.4, 0.5) is 0 Å². The second-order valence-corrected chi connectivity index (χ2v) is 13.7. The molecule has 6 rings (SSSR count). The Morgan fingerprint density at radius 1 is 0.538 bits per heavy atom. The SMILES string of the molecule is O=C(COc1ccc2sc3ccccc3c(=O)c2c1)OCC(O)COCCOCC(O)COC(=O)COc1ccc2sc3ccccc3c(=O)c2c1. The highest BCUT2D eigenvalue weighted by Crippen LogP contribution is 2.28. The zero-order valence-electron chi connectivity index (χ0n) is 27.7. The molecule has 6 aromatic rings. The number of carbonyl (C=O) groups excluding carboxylic acids is 2. The fourth-order valence-corrected chi connectivity index (χ4v) is 7.25. The van der Waals surface area contributed by atoms with Crippen molar-refractivity contribution in [2.75, 3.05) is 52.9 Å². The summed E-state index contributed by atoms with van der Waals surface area (Å²) in [5, 5.41) is 22.4. The maximum atomic E-state index is 12.9. The molecule has 4 aromatic carbocycles. The highest BCUT2D eigenvalue weighted by molar-refractivity contribution is 7.24. The van der Waals surface area contributed by atoms with Gasteiger partial charge in [0.2, 0.25) is 0 Å². The Morgan fingerprint density at radius 3 is 1.38 bits per heavy atom. The summed E-state index contributed by atoms with van der Waals surface area (Å²) in [4.78, 5) is 50.0. The maximum absolute atomic E-state index is 12.9. The molecule has 2 aromatic heterocycles. The molecule has 14 heteroatoms. The van der Waals surface area contributed by atoms with Crippen LogP contribution in [0.1, 0.15) is 0 Å². The van der Waals surface area contributed by atoms with Gasteiger partial charge in [0.05, 0.1) is 26.4 Å². The fraction of sp³-hybridized carbons (Fsp3) is 0.263. The van der Waals surface area contributed by atoms with Crippen molar-refractivity contribution >= 4 is 75.0 Å². The molecule has 12 nitrogen and oxygen atoms in total. The highest BCUT2D eigenvalue weighted by atomic mass is 32.1. The molecule has 2 unspecified atom stereocenters. The van der Waals surface area contributed by atoms with Gasteiger partial charge in [-0.15, -0.1) is 22.7 Å². The minimum Gasteiger partial charge on any atom is -0.482 e. The third-order valence-corrected chi connectivity index (χ3v) is 9.98. The van der Waals surface area contributed by atoms with E-state index in [0.29, 0.717) is 33.0 Å². The van der Waals surface area contributed by atoms with Crippen LogP contribution in [-0.2, 0) is 28.5 Å². The number of ether oxygens (including phenoxy) is 6. The van der Waals surface area contributed by atoms with Gasteiger partial charge in [0, 0.05) is 40.3 Å². The normalized spacial score (nSPS) is 12.6. The Balaban J connectivity index is 0.809. The smallest absolute Gasteiger partial charge is 0.344 e. The summed E-state index contributed by atoms with van der Waals surface area (Å²) < 4.78 is 35.1. The highest BCUT2D eigenvalue weighted by Gasteiger charge is 2.14. The van der Waals surface area contributed by atoms with E-state index in [1.807, 2.05) is 36.4 Å². The zero-order chi connectivity index (χ0) is 36.5. The van der Waals surface area contributed by atoms with Gasteiger partial charge in [-0.3, -0.25) is 9.59 Å². The van der Waals surface area contributed by atoms with E-state index < -0.39 is 37.4 Å². The molecular formula is C38H34O12S2. The van der Waals surface area contributed by atoms with Crippen LogP contribution in [0, 0.1) is 0 Å². The lowest BCUT2D eigenvalue weighted by Crippen LogP contribution is -2.28. The molecule has 2 heterocycles. The van der Waals surface area contributed by atoms with Crippen molar-refractivity contribution in [1.29, 1.82) is 0 Å². The van der Waals surface area contributed by atoms with E-state index in [2.05, 4.69) is 0 Å². The first-order valence-corrected chi connectivity index (χ1v) is 17.9. The first-order chi connectivity index (χ1) is 25.2. The fourth-order valence-electron chi connectivity index (χ4n) is 5.14. The summed E-state index contributed by atoms with van der Waals surface area (Å²) in [6.07, 6.45) is -2.18. The third-order valence-electron chi connectivity index (χ3n) is 7.67. The topological polar surface area (TPSA) is 164 Å². The number of benzene rings is 4. The molecule has 0 radical (unpaired) electrons. The van der Waals surface area contributed by atoms with Crippen LogP contribution >= 0.6 is 22.7 Å². The van der Waals surface area contributed by atoms with Gasteiger partial charge in [-0.05, 0) is 60.7 Å². The second-order valence-electron chi connectivity index (χ2n) is 11.6. The number of aliphatic hydroxyl groups is 2. The number of hydrogen-bond donors (Lipinski definition) is 2. The van der Waals surface area contributed by atoms with Gasteiger partial charge < -0.3 is 38.6 Å². The number of hydrogen-bond acceptors (Lipinski definition) is 14. The van der Waals surface area contributed by atoms with Gasteiger partial charge in [-0.1, -0.05) is 24.3 Å². The van der Waals surface area contributed by atoms with Crippen LogP contribution in [0.15, 0.2) is 94.5 Å². The molecule has 0 amide bonds. The van der Waals surface area contributed by atoms with Crippen LogP contribution < -0.4 is 20.3 Å². The van der Waals surface area contributed by atoms with Crippen molar-refractivity contribution in [3.63, 3.8) is 0 Å². The lowest BCUT2D eigenvalue weighted by molar-refractivity contribution is -0.151. The Morgan fingerprint density at radius 2 is 0.942 bits per heavy atom. The largest absolute Gasteiger partial charge is 0.482 e. The number of fused-ring (bicyclic) bond motifs is 4. The van der Waals surface area contributed by atoms with Gasteiger partial charge >= 0.3 is 11.9 Å². The molecule has 0 saturated carbocycles. The molecule has 0 aliphatic rings. The first kappa shape index (κ1) is 36.8. The minimum atomic E-state index is -1.09. The summed E-state index contributed by atoms with van der Waals surface area (Å²) >= 11 is 2.99. The second kappa shape index (κ2) is 17.5. The number of rotatable bonds is 17. The number of carbonyl (C=O) groups is 2. The summed E-state index contributed by atoms with van der Waals surface area (Å²) in [6, 6.07) is 24.8. The molecule has 52 heavy (non-hydrogen) atoms. The van der Waals surface area contributed by atoms with Gasteiger partial charge in [0.15, 0.2) is 24.1 Å². The molecule has 0 aliphatic carbocycles. The van der Waals surface area contributed by atoms with Gasteiger partial charge in [-0.25, -0.2) is 9.59 Å². The molecule has 0 saturated heterocycles. The molecule has 2 N–H and O–H groups in total. The average Bonchev–Trinajstić information content (AvgIpc) is 3.16. The van der Waals surface area contributed by atoms with Crippen molar-refractivity contribution in [2.24, 2.45) is 0 Å². The first-order valence-electron chi connectivity index (χ1n) is 16.2. The summed E-state index contributed by atoms with van der Waals surface area (Å²) in [5.41, 5.74) is -0.223. The van der Waals surface area contributed by atoms with Gasteiger partial charge in [0.25, 0.3) is 0 Å². The standard InChI is InChI=1S/C38H34O12S2/c39-23(19-49-35(41)21-47-25-9-11-33-29(15-25)37(43)27-5-1-3-7-31(27)51-33)17-45-13-14-46-18-24(40)20-50-36(42)22-48-26-10-12-34-30(16-26)38(44)28-6-2-4-8-32(28)52-34/h1-12,15-16,23-24,39-40H,13-14,17-22H2. The number of aliphatic hydroxyl groups excluding tert-OH is 2. The average molecular weight is 747 g/mol. The van der Waals surface area contributed by atoms with Crippen molar-refractivity contribution in [1.82, 2.24) is 0 Å². The zero-order valence-corrected chi connectivity index (χ0v) is 29.3. The maximum Gasteiger partial charge on any atom is 0.344 e. The molecule has 2 atom stereocenters. The van der Waals surface area contributed by atoms with Crippen molar-refractivity contribution in [2.45, 2.75) is 12.2 Å². The summed E-state index contributed by atoms with van der Waals surface area (Å²) in [6.45, 7) is -1.54. The lowest BCUT2D eigenvalue weighted by Gasteiger charge is -2.14. The molecule has 0 fully saturated rings. The Bertz CT molecular complexity index is 2160. The van der Waals surface area contributed by atoms with E-state index >= 15 is 0 Å². The van der Waals surface area contributed by atoms with E-state index in [1.165, 1.54) is 22.7 Å². The van der Waals surface area contributed by atoms with E-state index in [1.54, 1.807) is 48.5 Å². The van der Waals surface area contributed by atoms with Gasteiger partial charge in [0.1, 0.15) is 36.9 Å². The molecule has 270 valence electrons. The van der Waals surface area contributed by atoms with E-state index in [9.17, 15) is 29.4 Å². The van der Waals surface area contributed by atoms with Crippen LogP contribution in [0.3, 0.4) is 0 Å². The van der Waals surface area contributed by atoms with E-state index in [4.69, 9.17) is 28.4 Å². The van der Waals surface area contributed by atoms with Crippen LogP contribution in [0.2, 0.25) is 0 Å². The van der Waals surface area contributed by atoms with Gasteiger partial charge in [-0.2, -0.15) is 0 Å². The third kappa shape index (κ3) is 9.47. The van der Waals surface area contributed by atoms with E-state index in [-0.39, 0.29) is 50.5 Å². The molecule has 0 aliphatic heterocycles. The van der Waals surface area contributed by atoms with Crippen LogP contribution in [-0.4, -0.2) is 87.2 Å². The quantitative estimate of drug-likeness (QED) is 0.0768. The lowest BCUT2D eigenvalue weighted by atomic mass is 10.2. The molecular weight excluding hydrogens is 713 g/mol. The minimum absolute atomic E-state index is 0.0850. The van der Waals surface area contributed by atoms with Crippen molar-refractivity contribution in [3.8, 4) is 11.5 Å². The Hall–Kier alpha value is -4.96. The number of esters is 2. The van der Waals surface area contributed by atoms with E-state index in [0.717, 1.165) is 18.8 Å². The summed E-state index contributed by atoms with van der Waals surface area (Å²) in [5.74, 6) is -0.712. The Kier molecular flexibility index (Phi) is 12.4. The molecule has 0 bridgehead atoms. The molecule has 0 spiro atoms. The summed E-state index contributed by atoms with van der Waals surface area (Å²) in [7, 11) is 0. The van der Waals surface area contributed by atoms with Crippen molar-refractivity contribution in [3.05, 3.63) is 105 Å². The van der Waals surface area contributed by atoms with Crippen LogP contribution in [0.25, 0.3) is 40.3 Å². The predicted molar refractivity (Wildman–Crippen MR) is 198 cm³/mol. The Labute approximate surface area is 304 Å². The van der Waals surface area contributed by atoms with Crippen LogP contribution in [0.5, 0.6) is 11.5 Å².